The first-order valence-electron chi connectivity index (χ1n) is 7.44. The summed E-state index contributed by atoms with van der Waals surface area (Å²) in [6.45, 7) is 1.79. The molecule has 0 saturated heterocycles. The van der Waals surface area contributed by atoms with E-state index >= 15 is 0 Å². The minimum absolute atomic E-state index is 0.0849. The van der Waals surface area contributed by atoms with Gasteiger partial charge < -0.3 is 5.73 Å². The molecule has 2 N–H and O–H groups in total. The number of benzene rings is 1. The number of aryl methyl sites for hydroxylation is 1. The predicted molar refractivity (Wildman–Crippen MR) is 85.2 cm³/mol. The average Bonchev–Trinajstić information content (AvgIpc) is 3.26. The van der Waals surface area contributed by atoms with Crippen molar-refractivity contribution in [1.82, 2.24) is 14.8 Å². The molecule has 0 atom stereocenters. The van der Waals surface area contributed by atoms with Crippen LogP contribution in [0, 0.1) is 0 Å². The monoisotopic (exact) mass is 394 g/mol. The van der Waals surface area contributed by atoms with Crippen molar-refractivity contribution in [2.24, 2.45) is 0 Å². The fourth-order valence-corrected chi connectivity index (χ4v) is 3.82. The van der Waals surface area contributed by atoms with Gasteiger partial charge in [-0.1, -0.05) is 13.0 Å². The van der Waals surface area contributed by atoms with Crippen LogP contribution in [0.3, 0.4) is 0 Å². The minimum atomic E-state index is -4.76. The molecule has 0 bridgehead atoms. The zero-order valence-electron chi connectivity index (χ0n) is 13.0. The van der Waals surface area contributed by atoms with Crippen molar-refractivity contribution in [1.29, 1.82) is 0 Å². The maximum Gasteiger partial charge on any atom is 0.453 e. The van der Waals surface area contributed by atoms with E-state index in [0.29, 0.717) is 17.5 Å². The van der Waals surface area contributed by atoms with Gasteiger partial charge >= 0.3 is 6.18 Å². The number of nitrogens with zero attached hydrogens (tertiary/aromatic N) is 3. The Labute approximate surface area is 146 Å². The van der Waals surface area contributed by atoms with Crippen molar-refractivity contribution in [3.05, 3.63) is 29.1 Å². The van der Waals surface area contributed by atoms with Crippen LogP contribution in [0.15, 0.2) is 17.0 Å². The molecule has 1 fully saturated rings. The Bertz CT molecular complexity index is 936. The van der Waals surface area contributed by atoms with Crippen LogP contribution in [0.5, 0.6) is 0 Å². The van der Waals surface area contributed by atoms with Crippen molar-refractivity contribution in [3.63, 3.8) is 0 Å². The molecule has 11 heteroatoms. The van der Waals surface area contributed by atoms with Gasteiger partial charge in [-0.25, -0.2) is 8.42 Å². The highest BCUT2D eigenvalue weighted by Crippen LogP contribution is 2.45. The van der Waals surface area contributed by atoms with Crippen LogP contribution in [0.25, 0.3) is 5.69 Å². The van der Waals surface area contributed by atoms with E-state index in [2.05, 4.69) is 10.1 Å². The molecule has 25 heavy (non-hydrogen) atoms. The van der Waals surface area contributed by atoms with Gasteiger partial charge in [0, 0.05) is 10.7 Å². The Hall–Kier alpha value is -1.81. The van der Waals surface area contributed by atoms with E-state index < -0.39 is 27.0 Å². The predicted octanol–water partition coefficient (Wildman–Crippen LogP) is 3.24. The molecular formula is C14H14ClF3N4O2S. The van der Waals surface area contributed by atoms with Gasteiger partial charge in [0.25, 0.3) is 14.9 Å². The zero-order valence-corrected chi connectivity index (χ0v) is 14.6. The van der Waals surface area contributed by atoms with Crippen molar-refractivity contribution in [2.75, 3.05) is 5.73 Å². The third-order valence-electron chi connectivity index (χ3n) is 3.99. The van der Waals surface area contributed by atoms with Gasteiger partial charge in [-0.2, -0.15) is 22.8 Å². The first-order valence-corrected chi connectivity index (χ1v) is 9.75. The fourth-order valence-electron chi connectivity index (χ4n) is 2.66. The van der Waals surface area contributed by atoms with Crippen LogP contribution >= 0.6 is 10.7 Å². The second kappa shape index (κ2) is 5.87. The Morgan fingerprint density at radius 3 is 2.44 bits per heavy atom. The zero-order chi connectivity index (χ0) is 18.6. The molecule has 0 spiro atoms. The largest absolute Gasteiger partial charge is 0.453 e. The molecule has 2 aromatic rings. The number of aromatic nitrogens is 3. The molecule has 1 aliphatic rings. The quantitative estimate of drug-likeness (QED) is 0.804. The number of hydrogen-bond acceptors (Lipinski definition) is 5. The smallest absolute Gasteiger partial charge is 0.368 e. The van der Waals surface area contributed by atoms with Gasteiger partial charge in [0.1, 0.15) is 0 Å². The Morgan fingerprint density at radius 2 is 2.00 bits per heavy atom. The summed E-state index contributed by atoms with van der Waals surface area (Å²) >= 11 is 0. The summed E-state index contributed by atoms with van der Waals surface area (Å²) in [6, 6.07) is 2.87. The summed E-state index contributed by atoms with van der Waals surface area (Å²) in [7, 11) is 1.44. The van der Waals surface area contributed by atoms with Crippen LogP contribution in [0.4, 0.5) is 19.1 Å². The van der Waals surface area contributed by atoms with Gasteiger partial charge in [0.2, 0.25) is 5.95 Å². The summed E-state index contributed by atoms with van der Waals surface area (Å²) in [6.07, 6.45) is -2.64. The number of alkyl halides is 3. The lowest BCUT2D eigenvalue weighted by Gasteiger charge is -2.14. The van der Waals surface area contributed by atoms with Crippen molar-refractivity contribution in [3.8, 4) is 5.69 Å². The van der Waals surface area contributed by atoms with Crippen LogP contribution in [0.2, 0.25) is 0 Å². The molecule has 1 saturated carbocycles. The molecule has 0 unspecified atom stereocenters. The molecule has 0 radical (unpaired) electrons. The van der Waals surface area contributed by atoms with Crippen LogP contribution < -0.4 is 5.73 Å². The highest BCUT2D eigenvalue weighted by molar-refractivity contribution is 8.13. The van der Waals surface area contributed by atoms with E-state index in [9.17, 15) is 21.6 Å². The Balaban J connectivity index is 2.24. The minimum Gasteiger partial charge on any atom is -0.368 e. The summed E-state index contributed by atoms with van der Waals surface area (Å²) in [5.74, 6) is -1.80. The van der Waals surface area contributed by atoms with E-state index in [4.69, 9.17) is 16.4 Å². The Kier molecular flexibility index (Phi) is 4.23. The molecular weight excluding hydrogens is 381 g/mol. The average molecular weight is 395 g/mol. The van der Waals surface area contributed by atoms with Gasteiger partial charge in [-0.05, 0) is 42.4 Å². The van der Waals surface area contributed by atoms with E-state index in [0.717, 1.165) is 17.5 Å². The molecule has 136 valence electrons. The van der Waals surface area contributed by atoms with Gasteiger partial charge in [0.15, 0.2) is 0 Å². The second-order valence-electron chi connectivity index (χ2n) is 5.79. The Morgan fingerprint density at radius 1 is 1.36 bits per heavy atom. The van der Waals surface area contributed by atoms with Gasteiger partial charge in [-0.15, -0.1) is 5.10 Å². The number of hydrogen-bond donors (Lipinski definition) is 1. The molecule has 1 aromatic heterocycles. The summed E-state index contributed by atoms with van der Waals surface area (Å²) in [4.78, 5) is 3.09. The molecule has 0 aliphatic heterocycles. The highest BCUT2D eigenvalue weighted by atomic mass is 35.7. The molecule has 3 rings (SSSR count). The number of rotatable bonds is 4. The molecule has 1 aromatic carbocycles. The first-order chi connectivity index (χ1) is 11.5. The maximum absolute atomic E-state index is 12.8. The van der Waals surface area contributed by atoms with E-state index in [1.807, 2.05) is 0 Å². The normalized spacial score (nSPS) is 15.6. The third-order valence-corrected chi connectivity index (χ3v) is 5.36. The number of halogens is 4. The standard InChI is InChI=1S/C14H14ClF3N4O2S/c1-2-7-5-9(8-3-4-8)11(25(15,23)24)6-10(7)22-13(19)20-12(21-22)14(16,17)18/h5-6,8H,2-4H2,1H3,(H2,19,20,21). The topological polar surface area (TPSA) is 90.9 Å². The number of nitrogens with two attached hydrogens (primary N) is 1. The molecule has 1 heterocycles. The molecule has 0 amide bonds. The third kappa shape index (κ3) is 3.45. The highest BCUT2D eigenvalue weighted by Gasteiger charge is 2.37. The van der Waals surface area contributed by atoms with Crippen LogP contribution in [0.1, 0.15) is 42.6 Å². The van der Waals surface area contributed by atoms with Crippen LogP contribution in [-0.4, -0.2) is 23.2 Å². The summed E-state index contributed by atoms with van der Waals surface area (Å²) in [5.41, 5.74) is 6.87. The SMILES string of the molecule is CCc1cc(C2CC2)c(S(=O)(=O)Cl)cc1-n1nc(C(F)(F)F)nc1N. The van der Waals surface area contributed by atoms with Gasteiger partial charge in [-0.3, -0.25) is 0 Å². The van der Waals surface area contributed by atoms with E-state index in [-0.39, 0.29) is 16.5 Å². The number of nitrogen functional groups attached to an aromatic ring is 1. The van der Waals surface area contributed by atoms with Crippen molar-refractivity contribution in [2.45, 2.75) is 43.2 Å². The molecule has 6 nitrogen and oxygen atoms in total. The fraction of sp³-hybridized carbons (Fsp3) is 0.429. The number of anilines is 1. The lowest BCUT2D eigenvalue weighted by molar-refractivity contribution is -0.144. The summed E-state index contributed by atoms with van der Waals surface area (Å²) < 4.78 is 63.1. The lowest BCUT2D eigenvalue weighted by Crippen LogP contribution is -2.11. The second-order valence-corrected chi connectivity index (χ2v) is 8.32. The van der Waals surface area contributed by atoms with E-state index in [1.54, 1.807) is 13.0 Å². The van der Waals surface area contributed by atoms with Crippen molar-refractivity contribution >= 4 is 25.7 Å². The van der Waals surface area contributed by atoms with Crippen LogP contribution in [-0.2, 0) is 21.6 Å². The summed E-state index contributed by atoms with van der Waals surface area (Å²) in [5, 5.41) is 3.39. The lowest BCUT2D eigenvalue weighted by atomic mass is 10.0. The maximum atomic E-state index is 12.8. The molecule has 1 aliphatic carbocycles. The first kappa shape index (κ1) is 18.0. The van der Waals surface area contributed by atoms with E-state index in [1.165, 1.54) is 6.07 Å². The van der Waals surface area contributed by atoms with Gasteiger partial charge in [0.05, 0.1) is 10.6 Å². The van der Waals surface area contributed by atoms with Crippen molar-refractivity contribution < 1.29 is 21.6 Å².